The average Bonchev–Trinajstić information content (AvgIpc) is 2.67. The van der Waals surface area contributed by atoms with Crippen LogP contribution in [0.4, 0.5) is 10.1 Å². The number of nitrogens with zero attached hydrogens (tertiary/aromatic N) is 1. The molecule has 0 aromatic heterocycles. The smallest absolute Gasteiger partial charge is 0.252 e. The number of amides is 2. The maximum Gasteiger partial charge on any atom is 0.252 e. The average molecular weight is 278 g/mol. The predicted molar refractivity (Wildman–Crippen MR) is 74.8 cm³/mol. The molecule has 4 nitrogen and oxygen atoms in total. The minimum absolute atomic E-state index is 0.0799. The largest absolute Gasteiger partial charge is 0.371 e. The van der Waals surface area contributed by atoms with E-state index in [4.69, 9.17) is 0 Å². The molecule has 5 heteroatoms. The van der Waals surface area contributed by atoms with Crippen LogP contribution in [-0.2, 0) is 9.59 Å². The molecule has 0 saturated carbocycles. The van der Waals surface area contributed by atoms with E-state index in [2.05, 4.69) is 5.32 Å². The van der Waals surface area contributed by atoms with Crippen molar-refractivity contribution in [1.29, 1.82) is 0 Å². The maximum absolute atomic E-state index is 13.8. The van der Waals surface area contributed by atoms with Crippen molar-refractivity contribution >= 4 is 17.5 Å². The first-order valence-electron chi connectivity index (χ1n) is 6.82. The Bertz CT molecular complexity index is 545. The number of imide groups is 1. The fourth-order valence-corrected chi connectivity index (χ4v) is 2.33. The number of carbonyl (C=O) groups excluding carboxylic acids is 2. The van der Waals surface area contributed by atoms with Crippen LogP contribution in [0, 0.1) is 12.7 Å². The lowest BCUT2D eigenvalue weighted by molar-refractivity contribution is -0.140. The Hall–Kier alpha value is -1.91. The molecule has 1 aliphatic rings. The highest BCUT2D eigenvalue weighted by Crippen LogP contribution is 2.23. The molecule has 2 amide bonds. The molecule has 1 aromatic rings. The number of nitrogens with one attached hydrogen (secondary N) is 1. The van der Waals surface area contributed by atoms with E-state index < -0.39 is 11.9 Å². The van der Waals surface area contributed by atoms with Crippen molar-refractivity contribution in [3.05, 3.63) is 29.6 Å². The van der Waals surface area contributed by atoms with E-state index >= 15 is 0 Å². The Kier molecular flexibility index (Phi) is 4.06. The minimum Gasteiger partial charge on any atom is -0.371 e. The van der Waals surface area contributed by atoms with Crippen molar-refractivity contribution in [1.82, 2.24) is 4.90 Å². The van der Waals surface area contributed by atoms with Crippen molar-refractivity contribution < 1.29 is 14.0 Å². The van der Waals surface area contributed by atoms with Gasteiger partial charge in [-0.25, -0.2) is 4.39 Å². The summed E-state index contributed by atoms with van der Waals surface area (Å²) < 4.78 is 13.8. The van der Waals surface area contributed by atoms with Gasteiger partial charge in [-0.15, -0.1) is 0 Å². The molecule has 0 spiro atoms. The number of rotatable bonds is 4. The van der Waals surface area contributed by atoms with Crippen LogP contribution in [0.25, 0.3) is 0 Å². The first-order chi connectivity index (χ1) is 9.43. The second-order valence-corrected chi connectivity index (χ2v) is 5.24. The summed E-state index contributed by atoms with van der Waals surface area (Å²) in [5.41, 5.74) is 1.07. The zero-order chi connectivity index (χ0) is 14.9. The maximum atomic E-state index is 13.8. The second kappa shape index (κ2) is 5.61. The van der Waals surface area contributed by atoms with Gasteiger partial charge in [0.2, 0.25) is 5.91 Å². The first-order valence-corrected chi connectivity index (χ1v) is 6.82. The van der Waals surface area contributed by atoms with Crippen LogP contribution < -0.4 is 5.32 Å². The number of halogens is 1. The third-order valence-electron chi connectivity index (χ3n) is 3.67. The number of likely N-dealkylation sites (tertiary alicyclic amines) is 1. The van der Waals surface area contributed by atoms with Crippen molar-refractivity contribution in [2.24, 2.45) is 0 Å². The number of carbonyl (C=O) groups is 2. The van der Waals surface area contributed by atoms with Gasteiger partial charge in [-0.3, -0.25) is 14.5 Å². The summed E-state index contributed by atoms with van der Waals surface area (Å²) >= 11 is 0. The van der Waals surface area contributed by atoms with Gasteiger partial charge in [0.05, 0.1) is 12.1 Å². The molecule has 0 bridgehead atoms. The van der Waals surface area contributed by atoms with Crippen LogP contribution in [0.15, 0.2) is 18.2 Å². The molecule has 0 aliphatic carbocycles. The predicted octanol–water partition coefficient (Wildman–Crippen LogP) is 2.47. The van der Waals surface area contributed by atoms with Crippen LogP contribution in [0.1, 0.15) is 32.3 Å². The van der Waals surface area contributed by atoms with Gasteiger partial charge in [0.1, 0.15) is 11.9 Å². The summed E-state index contributed by atoms with van der Waals surface area (Å²) in [6.45, 7) is 5.55. The minimum atomic E-state index is -0.672. The highest BCUT2D eigenvalue weighted by atomic mass is 19.1. The molecular formula is C15H19FN2O2. The normalized spacial score (nSPS) is 20.4. The third kappa shape index (κ3) is 2.66. The standard InChI is InChI=1S/C15H19FN2O2/c1-4-10(3)18-14(19)8-13(15(18)20)17-12-6-5-9(2)7-11(12)16/h5-7,10,13,17H,4,8H2,1-3H3. The Balaban J connectivity index is 2.15. The number of hydrogen-bond acceptors (Lipinski definition) is 3. The number of anilines is 1. The number of aryl methyl sites for hydroxylation is 1. The number of benzene rings is 1. The zero-order valence-corrected chi connectivity index (χ0v) is 11.9. The highest BCUT2D eigenvalue weighted by Gasteiger charge is 2.40. The summed E-state index contributed by atoms with van der Waals surface area (Å²) in [5.74, 6) is -0.883. The zero-order valence-electron chi connectivity index (χ0n) is 11.9. The Morgan fingerprint density at radius 3 is 2.75 bits per heavy atom. The van der Waals surface area contributed by atoms with Gasteiger partial charge in [-0.1, -0.05) is 13.0 Å². The molecule has 1 N–H and O–H groups in total. The fourth-order valence-electron chi connectivity index (χ4n) is 2.33. The Labute approximate surface area is 118 Å². The van der Waals surface area contributed by atoms with Crippen molar-refractivity contribution in [2.75, 3.05) is 5.32 Å². The fraction of sp³-hybridized carbons (Fsp3) is 0.467. The van der Waals surface area contributed by atoms with E-state index in [0.29, 0.717) is 6.42 Å². The highest BCUT2D eigenvalue weighted by molar-refractivity contribution is 6.07. The molecular weight excluding hydrogens is 259 g/mol. The Morgan fingerprint density at radius 1 is 1.45 bits per heavy atom. The van der Waals surface area contributed by atoms with Gasteiger partial charge in [-0.2, -0.15) is 0 Å². The molecule has 20 heavy (non-hydrogen) atoms. The van der Waals surface area contributed by atoms with Crippen LogP contribution in [-0.4, -0.2) is 28.8 Å². The van der Waals surface area contributed by atoms with E-state index in [-0.39, 0.29) is 30.0 Å². The van der Waals surface area contributed by atoms with Gasteiger partial charge in [0.15, 0.2) is 0 Å². The Morgan fingerprint density at radius 2 is 2.15 bits per heavy atom. The van der Waals surface area contributed by atoms with Gasteiger partial charge in [0.25, 0.3) is 5.91 Å². The molecule has 1 aliphatic heterocycles. The van der Waals surface area contributed by atoms with Crippen LogP contribution in [0.2, 0.25) is 0 Å². The van der Waals surface area contributed by atoms with Crippen molar-refractivity contribution in [2.45, 2.75) is 45.7 Å². The lowest BCUT2D eigenvalue weighted by atomic mass is 10.2. The van der Waals surface area contributed by atoms with E-state index in [0.717, 1.165) is 5.56 Å². The van der Waals surface area contributed by atoms with Crippen LogP contribution in [0.3, 0.4) is 0 Å². The van der Waals surface area contributed by atoms with E-state index in [9.17, 15) is 14.0 Å². The number of hydrogen-bond donors (Lipinski definition) is 1. The lowest BCUT2D eigenvalue weighted by Crippen LogP contribution is -2.40. The third-order valence-corrected chi connectivity index (χ3v) is 3.67. The van der Waals surface area contributed by atoms with Gasteiger partial charge in [0, 0.05) is 6.04 Å². The van der Waals surface area contributed by atoms with Crippen LogP contribution in [0.5, 0.6) is 0 Å². The molecule has 2 rings (SSSR count). The van der Waals surface area contributed by atoms with Crippen molar-refractivity contribution in [3.8, 4) is 0 Å². The molecule has 0 radical (unpaired) electrons. The molecule has 1 saturated heterocycles. The quantitative estimate of drug-likeness (QED) is 0.861. The first kappa shape index (κ1) is 14.5. The van der Waals surface area contributed by atoms with E-state index in [1.165, 1.54) is 11.0 Å². The van der Waals surface area contributed by atoms with E-state index in [1.807, 2.05) is 13.8 Å². The molecule has 1 aromatic carbocycles. The molecule has 2 atom stereocenters. The topological polar surface area (TPSA) is 49.4 Å². The molecule has 108 valence electrons. The van der Waals surface area contributed by atoms with E-state index in [1.54, 1.807) is 19.1 Å². The van der Waals surface area contributed by atoms with Crippen LogP contribution >= 0.6 is 0 Å². The summed E-state index contributed by atoms with van der Waals surface area (Å²) in [5, 5.41) is 2.84. The molecule has 1 heterocycles. The second-order valence-electron chi connectivity index (χ2n) is 5.24. The van der Waals surface area contributed by atoms with Gasteiger partial charge < -0.3 is 5.32 Å². The molecule has 1 fully saturated rings. The molecule has 2 unspecified atom stereocenters. The van der Waals surface area contributed by atoms with Gasteiger partial charge in [-0.05, 0) is 38.0 Å². The summed E-state index contributed by atoms with van der Waals surface area (Å²) in [6, 6.07) is 3.96. The lowest BCUT2D eigenvalue weighted by Gasteiger charge is -2.22. The SMILES string of the molecule is CCC(C)N1C(=O)CC(Nc2ccc(C)cc2F)C1=O. The summed E-state index contributed by atoms with van der Waals surface area (Å²) in [7, 11) is 0. The van der Waals surface area contributed by atoms with Crippen molar-refractivity contribution in [3.63, 3.8) is 0 Å². The van der Waals surface area contributed by atoms with Gasteiger partial charge >= 0.3 is 0 Å². The summed E-state index contributed by atoms with van der Waals surface area (Å²) in [6.07, 6.45) is 0.791. The summed E-state index contributed by atoms with van der Waals surface area (Å²) in [4.78, 5) is 25.4. The monoisotopic (exact) mass is 278 g/mol.